The van der Waals surface area contributed by atoms with Gasteiger partial charge < -0.3 is 9.80 Å². The third-order valence-corrected chi connectivity index (χ3v) is 4.19. The summed E-state index contributed by atoms with van der Waals surface area (Å²) in [5.74, 6) is -0.636. The van der Waals surface area contributed by atoms with Crippen LogP contribution in [-0.2, 0) is 0 Å². The van der Waals surface area contributed by atoms with Crippen LogP contribution in [0.1, 0.15) is 26.3 Å². The van der Waals surface area contributed by atoms with Crippen LogP contribution in [-0.4, -0.2) is 47.8 Å². The van der Waals surface area contributed by atoms with Gasteiger partial charge in [0.15, 0.2) is 0 Å². The zero-order valence-corrected chi connectivity index (χ0v) is 13.5. The van der Waals surface area contributed by atoms with E-state index in [0.717, 1.165) is 5.56 Å². The highest BCUT2D eigenvalue weighted by atomic mass is 19.1. The molecule has 2 aromatic rings. The molecule has 0 spiro atoms. The van der Waals surface area contributed by atoms with Crippen LogP contribution in [0.2, 0.25) is 0 Å². The second-order valence-corrected chi connectivity index (χ2v) is 5.96. The highest BCUT2D eigenvalue weighted by Crippen LogP contribution is 2.13. The maximum absolute atomic E-state index is 13.3. The molecular formula is C19H19FN2O2. The largest absolute Gasteiger partial charge is 0.335 e. The molecule has 0 N–H and O–H groups in total. The fraction of sp³-hybridized carbons (Fsp3) is 0.263. The number of carbonyl (C=O) groups is 2. The van der Waals surface area contributed by atoms with Crippen molar-refractivity contribution in [2.75, 3.05) is 26.2 Å². The van der Waals surface area contributed by atoms with E-state index in [9.17, 15) is 14.0 Å². The first-order valence-electron chi connectivity index (χ1n) is 7.95. The third kappa shape index (κ3) is 3.45. The lowest BCUT2D eigenvalue weighted by Gasteiger charge is -2.35. The lowest BCUT2D eigenvalue weighted by molar-refractivity contribution is 0.0535. The Balaban J connectivity index is 1.63. The summed E-state index contributed by atoms with van der Waals surface area (Å²) >= 11 is 0. The van der Waals surface area contributed by atoms with Crippen LogP contribution in [0.4, 0.5) is 4.39 Å². The van der Waals surface area contributed by atoms with Gasteiger partial charge in [0, 0.05) is 37.3 Å². The molecule has 0 radical (unpaired) electrons. The Morgan fingerprint density at radius 1 is 0.833 bits per heavy atom. The van der Waals surface area contributed by atoms with E-state index in [1.54, 1.807) is 21.9 Å². The Morgan fingerprint density at radius 3 is 1.83 bits per heavy atom. The molecule has 4 nitrogen and oxygen atoms in total. The fourth-order valence-corrected chi connectivity index (χ4v) is 2.88. The van der Waals surface area contributed by atoms with Gasteiger partial charge in [0.1, 0.15) is 5.82 Å². The van der Waals surface area contributed by atoms with Gasteiger partial charge in [-0.3, -0.25) is 9.59 Å². The van der Waals surface area contributed by atoms with Gasteiger partial charge in [0.25, 0.3) is 11.8 Å². The standard InChI is InChI=1S/C19H19FN2O2/c1-14-4-2-5-15(12-14)18(23)21-8-10-22(11-9-21)19(24)16-6-3-7-17(20)13-16/h2-7,12-13H,8-11H2,1H3. The quantitative estimate of drug-likeness (QED) is 0.851. The molecule has 0 aromatic heterocycles. The molecule has 24 heavy (non-hydrogen) atoms. The number of hydrogen-bond donors (Lipinski definition) is 0. The Labute approximate surface area is 140 Å². The number of piperazine rings is 1. The summed E-state index contributed by atoms with van der Waals surface area (Å²) in [5, 5.41) is 0. The maximum Gasteiger partial charge on any atom is 0.254 e. The van der Waals surface area contributed by atoms with E-state index in [-0.39, 0.29) is 11.8 Å². The van der Waals surface area contributed by atoms with E-state index in [2.05, 4.69) is 0 Å². The molecule has 0 atom stereocenters. The van der Waals surface area contributed by atoms with E-state index in [0.29, 0.717) is 37.3 Å². The highest BCUT2D eigenvalue weighted by Gasteiger charge is 2.25. The summed E-state index contributed by atoms with van der Waals surface area (Å²) in [4.78, 5) is 28.3. The van der Waals surface area contributed by atoms with E-state index in [4.69, 9.17) is 0 Å². The summed E-state index contributed by atoms with van der Waals surface area (Å²) in [6.45, 7) is 3.81. The van der Waals surface area contributed by atoms with Crippen LogP contribution < -0.4 is 0 Å². The number of benzene rings is 2. The highest BCUT2D eigenvalue weighted by molar-refractivity contribution is 5.96. The smallest absolute Gasteiger partial charge is 0.254 e. The molecule has 2 amide bonds. The number of aryl methyl sites for hydroxylation is 1. The van der Waals surface area contributed by atoms with Gasteiger partial charge in [-0.2, -0.15) is 0 Å². The number of nitrogens with zero attached hydrogens (tertiary/aromatic N) is 2. The SMILES string of the molecule is Cc1cccc(C(=O)N2CCN(C(=O)c3cccc(F)c3)CC2)c1. The average Bonchev–Trinajstić information content (AvgIpc) is 2.60. The van der Waals surface area contributed by atoms with Crippen molar-refractivity contribution in [1.29, 1.82) is 0 Å². The van der Waals surface area contributed by atoms with Gasteiger partial charge in [0.05, 0.1) is 0 Å². The molecule has 1 saturated heterocycles. The predicted molar refractivity (Wildman–Crippen MR) is 89.4 cm³/mol. The van der Waals surface area contributed by atoms with Gasteiger partial charge in [-0.15, -0.1) is 0 Å². The van der Waals surface area contributed by atoms with Crippen LogP contribution in [0.5, 0.6) is 0 Å². The maximum atomic E-state index is 13.3. The van der Waals surface area contributed by atoms with Crippen molar-refractivity contribution in [1.82, 2.24) is 9.80 Å². The Morgan fingerprint density at radius 2 is 1.33 bits per heavy atom. The van der Waals surface area contributed by atoms with Crippen molar-refractivity contribution < 1.29 is 14.0 Å². The monoisotopic (exact) mass is 326 g/mol. The van der Waals surface area contributed by atoms with Crippen molar-refractivity contribution in [3.05, 3.63) is 71.0 Å². The first-order chi connectivity index (χ1) is 11.5. The number of halogens is 1. The minimum atomic E-state index is -0.422. The lowest BCUT2D eigenvalue weighted by Crippen LogP contribution is -2.50. The number of carbonyl (C=O) groups excluding carboxylic acids is 2. The molecule has 5 heteroatoms. The summed E-state index contributed by atoms with van der Waals surface area (Å²) in [6, 6.07) is 13.2. The summed E-state index contributed by atoms with van der Waals surface area (Å²) in [6.07, 6.45) is 0. The van der Waals surface area contributed by atoms with E-state index in [1.165, 1.54) is 18.2 Å². The van der Waals surface area contributed by atoms with E-state index in [1.807, 2.05) is 25.1 Å². The zero-order valence-electron chi connectivity index (χ0n) is 13.5. The molecule has 1 aliphatic heterocycles. The predicted octanol–water partition coefficient (Wildman–Crippen LogP) is 2.73. The topological polar surface area (TPSA) is 40.6 Å². The molecule has 0 bridgehead atoms. The summed E-state index contributed by atoms with van der Waals surface area (Å²) < 4.78 is 13.3. The molecule has 0 aliphatic carbocycles. The van der Waals surface area contributed by atoms with Crippen LogP contribution in [0, 0.1) is 12.7 Å². The van der Waals surface area contributed by atoms with E-state index < -0.39 is 5.82 Å². The second-order valence-electron chi connectivity index (χ2n) is 5.96. The van der Waals surface area contributed by atoms with Crippen LogP contribution >= 0.6 is 0 Å². The second kappa shape index (κ2) is 6.83. The number of rotatable bonds is 2. The van der Waals surface area contributed by atoms with Crippen LogP contribution in [0.25, 0.3) is 0 Å². The zero-order chi connectivity index (χ0) is 17.1. The van der Waals surface area contributed by atoms with Crippen LogP contribution in [0.3, 0.4) is 0 Å². The van der Waals surface area contributed by atoms with Crippen molar-refractivity contribution in [2.24, 2.45) is 0 Å². The summed E-state index contributed by atoms with van der Waals surface area (Å²) in [5.41, 5.74) is 2.05. The molecule has 124 valence electrons. The van der Waals surface area contributed by atoms with Gasteiger partial charge >= 0.3 is 0 Å². The third-order valence-electron chi connectivity index (χ3n) is 4.19. The molecule has 2 aromatic carbocycles. The van der Waals surface area contributed by atoms with Crippen molar-refractivity contribution in [2.45, 2.75) is 6.92 Å². The van der Waals surface area contributed by atoms with Gasteiger partial charge in [0.2, 0.25) is 0 Å². The Hall–Kier alpha value is -2.69. The summed E-state index contributed by atoms with van der Waals surface area (Å²) in [7, 11) is 0. The fourth-order valence-electron chi connectivity index (χ4n) is 2.88. The van der Waals surface area contributed by atoms with E-state index >= 15 is 0 Å². The van der Waals surface area contributed by atoms with Crippen molar-refractivity contribution >= 4 is 11.8 Å². The molecule has 3 rings (SSSR count). The molecule has 1 fully saturated rings. The van der Waals surface area contributed by atoms with Gasteiger partial charge in [-0.1, -0.05) is 23.8 Å². The Bertz CT molecular complexity index is 702. The molecule has 1 aliphatic rings. The number of hydrogen-bond acceptors (Lipinski definition) is 2. The van der Waals surface area contributed by atoms with Crippen LogP contribution in [0.15, 0.2) is 48.5 Å². The average molecular weight is 326 g/mol. The minimum Gasteiger partial charge on any atom is -0.335 e. The molecular weight excluding hydrogens is 307 g/mol. The molecule has 0 unspecified atom stereocenters. The Kier molecular flexibility index (Phi) is 4.60. The first kappa shape index (κ1) is 16.2. The van der Waals surface area contributed by atoms with Gasteiger partial charge in [-0.05, 0) is 37.3 Å². The van der Waals surface area contributed by atoms with Crippen molar-refractivity contribution in [3.8, 4) is 0 Å². The number of amides is 2. The van der Waals surface area contributed by atoms with Gasteiger partial charge in [-0.25, -0.2) is 4.39 Å². The molecule has 0 saturated carbocycles. The minimum absolute atomic E-state index is 0.0171. The first-order valence-corrected chi connectivity index (χ1v) is 7.95. The normalized spacial score (nSPS) is 14.6. The van der Waals surface area contributed by atoms with Crippen molar-refractivity contribution in [3.63, 3.8) is 0 Å². The lowest BCUT2D eigenvalue weighted by atomic mass is 10.1. The molecule has 1 heterocycles.